The van der Waals surface area contributed by atoms with Crippen molar-refractivity contribution in [3.63, 3.8) is 0 Å². The maximum Gasteiger partial charge on any atom is 0.494 e. The van der Waals surface area contributed by atoms with E-state index in [0.29, 0.717) is 17.8 Å². The van der Waals surface area contributed by atoms with E-state index < -0.39 is 0 Å². The van der Waals surface area contributed by atoms with Crippen molar-refractivity contribution >= 4 is 24.3 Å². The van der Waals surface area contributed by atoms with Gasteiger partial charge in [-0.3, -0.25) is 0 Å². The van der Waals surface area contributed by atoms with Crippen LogP contribution in [0.15, 0.2) is 53.5 Å². The molecule has 0 amide bonds. The van der Waals surface area contributed by atoms with Gasteiger partial charge >= 0.3 is 7.12 Å². The average molecular weight is 725 g/mol. The van der Waals surface area contributed by atoms with E-state index in [1.165, 1.54) is 4.90 Å². The average Bonchev–Trinajstić information content (AvgIpc) is 3.18. The molecule has 0 aromatic heterocycles. The first-order valence-corrected chi connectivity index (χ1v) is 20.8. The molecule has 0 radical (unpaired) electrons. The summed E-state index contributed by atoms with van der Waals surface area (Å²) in [6, 6.07) is 8.87. The molecule has 51 heavy (non-hydrogen) atoms. The van der Waals surface area contributed by atoms with Crippen molar-refractivity contribution in [3.05, 3.63) is 48.6 Å². The van der Waals surface area contributed by atoms with Crippen molar-refractivity contribution in [2.24, 2.45) is 50.9 Å². The van der Waals surface area contributed by atoms with E-state index in [1.54, 1.807) is 0 Å². The lowest BCUT2D eigenvalue weighted by Crippen LogP contribution is -2.50. The second kappa shape index (κ2) is 16.8. The molecule has 0 bridgehead atoms. The van der Waals surface area contributed by atoms with Gasteiger partial charge in [-0.25, -0.2) is 0 Å². The fourth-order valence-corrected chi connectivity index (χ4v) is 8.58. The van der Waals surface area contributed by atoms with Gasteiger partial charge < -0.3 is 20.8 Å². The molecule has 292 valence electrons. The number of allylic oxidation sites excluding steroid dienone is 2. The number of nitrogens with two attached hydrogens (primary N) is 2. The van der Waals surface area contributed by atoms with Crippen LogP contribution in [0.3, 0.4) is 0 Å². The SMILES string of the molecule is CC(C)C(C)C(C)(C(CCSc1ccc(B2OC(C)(C)C(C)(C)O2)cc1)CC(C)(C)C(C)(C)/C=C/CC(C)(C)N)C(C)(C)C/C=C/CC(C)(C)N. The van der Waals surface area contributed by atoms with Gasteiger partial charge in [-0.05, 0) is 150 Å². The second-order valence-corrected chi connectivity index (χ2v) is 22.1. The molecular weight excluding hydrogens is 643 g/mol. The third-order valence-electron chi connectivity index (χ3n) is 13.5. The Morgan fingerprint density at radius 1 is 0.706 bits per heavy atom. The minimum atomic E-state index is -0.344. The fraction of sp³-hybridized carbons (Fsp3) is 0.778. The topological polar surface area (TPSA) is 70.5 Å². The maximum atomic E-state index is 6.38. The van der Waals surface area contributed by atoms with Gasteiger partial charge in [-0.1, -0.05) is 106 Å². The van der Waals surface area contributed by atoms with Crippen LogP contribution in [-0.4, -0.2) is 35.2 Å². The monoisotopic (exact) mass is 725 g/mol. The predicted octanol–water partition coefficient (Wildman–Crippen LogP) is 11.6. The Labute approximate surface area is 321 Å². The molecule has 1 aromatic carbocycles. The van der Waals surface area contributed by atoms with E-state index in [4.69, 9.17) is 20.8 Å². The Kier molecular flexibility index (Phi) is 15.2. The van der Waals surface area contributed by atoms with Crippen LogP contribution >= 0.6 is 11.8 Å². The Hall–Kier alpha value is -1.05. The molecule has 4 nitrogen and oxygen atoms in total. The molecule has 1 aromatic rings. The molecule has 3 unspecified atom stereocenters. The number of rotatable bonds is 19. The van der Waals surface area contributed by atoms with Crippen LogP contribution in [-0.2, 0) is 9.31 Å². The molecular formula is C45H81BN2O2S. The largest absolute Gasteiger partial charge is 0.494 e. The molecule has 1 fully saturated rings. The molecule has 0 saturated carbocycles. The van der Waals surface area contributed by atoms with E-state index in [9.17, 15) is 0 Å². The molecule has 2 rings (SSSR count). The van der Waals surface area contributed by atoms with Crippen molar-refractivity contribution < 1.29 is 9.31 Å². The van der Waals surface area contributed by atoms with Crippen LogP contribution in [0.25, 0.3) is 0 Å². The van der Waals surface area contributed by atoms with Gasteiger partial charge in [0.1, 0.15) is 0 Å². The predicted molar refractivity (Wildman–Crippen MR) is 228 cm³/mol. The zero-order valence-corrected chi connectivity index (χ0v) is 37.4. The van der Waals surface area contributed by atoms with Gasteiger partial charge in [0, 0.05) is 16.0 Å². The highest BCUT2D eigenvalue weighted by molar-refractivity contribution is 7.99. The summed E-state index contributed by atoms with van der Waals surface area (Å²) in [6.45, 7) is 41.8. The Morgan fingerprint density at radius 3 is 1.65 bits per heavy atom. The molecule has 1 heterocycles. The van der Waals surface area contributed by atoms with Gasteiger partial charge in [-0.15, -0.1) is 11.8 Å². The lowest BCUT2D eigenvalue weighted by Gasteiger charge is -2.57. The van der Waals surface area contributed by atoms with Gasteiger partial charge in [-0.2, -0.15) is 0 Å². The highest BCUT2D eigenvalue weighted by atomic mass is 32.2. The molecule has 0 aliphatic carbocycles. The quantitative estimate of drug-likeness (QED) is 0.0844. The Balaban J connectivity index is 2.46. The zero-order chi connectivity index (χ0) is 39.5. The molecule has 4 N–H and O–H groups in total. The fourth-order valence-electron chi connectivity index (χ4n) is 7.61. The molecule has 1 aliphatic heterocycles. The number of hydrogen-bond donors (Lipinski definition) is 2. The smallest absolute Gasteiger partial charge is 0.399 e. The normalized spacial score (nSPS) is 20.1. The van der Waals surface area contributed by atoms with Crippen LogP contribution in [0, 0.1) is 39.4 Å². The van der Waals surface area contributed by atoms with Crippen LogP contribution in [0.4, 0.5) is 0 Å². The van der Waals surface area contributed by atoms with Crippen LogP contribution in [0.5, 0.6) is 0 Å². The summed E-state index contributed by atoms with van der Waals surface area (Å²) in [4.78, 5) is 1.30. The summed E-state index contributed by atoms with van der Waals surface area (Å²) < 4.78 is 12.7. The molecule has 3 atom stereocenters. The maximum absolute atomic E-state index is 6.38. The van der Waals surface area contributed by atoms with Crippen LogP contribution in [0.2, 0.25) is 0 Å². The highest BCUT2D eigenvalue weighted by Gasteiger charge is 2.53. The van der Waals surface area contributed by atoms with E-state index in [2.05, 4.69) is 173 Å². The van der Waals surface area contributed by atoms with Crippen molar-refractivity contribution in [1.29, 1.82) is 0 Å². The van der Waals surface area contributed by atoms with E-state index >= 15 is 0 Å². The molecule has 0 spiro atoms. The van der Waals surface area contributed by atoms with Crippen molar-refractivity contribution in [2.45, 2.75) is 184 Å². The van der Waals surface area contributed by atoms with Crippen molar-refractivity contribution in [1.82, 2.24) is 0 Å². The van der Waals surface area contributed by atoms with E-state index in [-0.39, 0.29) is 51.1 Å². The first kappa shape index (κ1) is 46.1. The summed E-state index contributed by atoms with van der Waals surface area (Å²) in [7, 11) is -0.334. The number of hydrogen-bond acceptors (Lipinski definition) is 5. The summed E-state index contributed by atoms with van der Waals surface area (Å²) >= 11 is 1.98. The number of benzene rings is 1. The van der Waals surface area contributed by atoms with Gasteiger partial charge in [0.25, 0.3) is 0 Å². The Bertz CT molecular complexity index is 1280. The molecule has 1 aliphatic rings. The van der Waals surface area contributed by atoms with Crippen LogP contribution in [0.1, 0.15) is 157 Å². The lowest BCUT2D eigenvalue weighted by molar-refractivity contribution is -0.0727. The summed E-state index contributed by atoms with van der Waals surface area (Å²) in [5.74, 6) is 2.69. The zero-order valence-electron chi connectivity index (χ0n) is 36.6. The third-order valence-corrected chi connectivity index (χ3v) is 14.6. The first-order valence-electron chi connectivity index (χ1n) is 19.9. The first-order chi connectivity index (χ1) is 22.9. The van der Waals surface area contributed by atoms with Crippen molar-refractivity contribution in [3.8, 4) is 0 Å². The third kappa shape index (κ3) is 12.2. The standard InChI is InChI=1S/C45H81BN2O2S/c1-33(2)34(3)45(18,39(6,7)27-19-20-29-41(10,11)47)35(32-40(8,9)38(4,5)28-21-30-42(12,13)48)26-31-51-37-24-22-36(23-25-37)46-49-43(14,15)44(16,17)50-46/h19-25,28,33-35H,26-27,29-32,47-48H2,1-18H3/b20-19+,28-21+. The van der Waals surface area contributed by atoms with Gasteiger partial charge in [0.15, 0.2) is 0 Å². The Morgan fingerprint density at radius 2 is 1.18 bits per heavy atom. The molecule has 1 saturated heterocycles. The number of thioether (sulfide) groups is 1. The van der Waals surface area contributed by atoms with E-state index in [0.717, 1.165) is 43.3 Å². The second-order valence-electron chi connectivity index (χ2n) is 21.0. The van der Waals surface area contributed by atoms with E-state index in [1.807, 2.05) is 11.8 Å². The van der Waals surface area contributed by atoms with Gasteiger partial charge in [0.05, 0.1) is 11.2 Å². The highest BCUT2D eigenvalue weighted by Crippen LogP contribution is 2.59. The summed E-state index contributed by atoms with van der Waals surface area (Å²) in [6.07, 6.45) is 14.6. The van der Waals surface area contributed by atoms with Crippen molar-refractivity contribution in [2.75, 3.05) is 5.75 Å². The van der Waals surface area contributed by atoms with Crippen LogP contribution < -0.4 is 16.9 Å². The summed E-state index contributed by atoms with van der Waals surface area (Å²) in [5, 5.41) is 0. The lowest BCUT2D eigenvalue weighted by atomic mass is 9.48. The molecule has 6 heteroatoms. The van der Waals surface area contributed by atoms with Gasteiger partial charge in [0.2, 0.25) is 0 Å². The minimum Gasteiger partial charge on any atom is -0.399 e. The summed E-state index contributed by atoms with van der Waals surface area (Å²) in [5.41, 5.74) is 13.0. The minimum absolute atomic E-state index is 0.00567.